The zero-order chi connectivity index (χ0) is 13.8. The summed E-state index contributed by atoms with van der Waals surface area (Å²) < 4.78 is 11.6. The molecular formula is C16H30N2O2. The SMILES string of the molecule is CCCNCC1(CN2CC3CCC(C2)O3)CCOCC1. The Morgan fingerprint density at radius 1 is 1.15 bits per heavy atom. The van der Waals surface area contributed by atoms with E-state index < -0.39 is 0 Å². The summed E-state index contributed by atoms with van der Waals surface area (Å²) in [5.74, 6) is 0. The maximum Gasteiger partial charge on any atom is 0.0707 e. The second-order valence-corrected chi connectivity index (χ2v) is 6.94. The van der Waals surface area contributed by atoms with E-state index in [1.54, 1.807) is 0 Å². The first-order valence-electron chi connectivity index (χ1n) is 8.46. The Balaban J connectivity index is 1.57. The number of likely N-dealkylation sites (tertiary alicyclic amines) is 1. The Hall–Kier alpha value is -0.160. The minimum Gasteiger partial charge on any atom is -0.381 e. The van der Waals surface area contributed by atoms with Gasteiger partial charge in [-0.2, -0.15) is 0 Å². The lowest BCUT2D eigenvalue weighted by molar-refractivity contribution is -0.0660. The van der Waals surface area contributed by atoms with Crippen molar-refractivity contribution in [2.75, 3.05) is 45.9 Å². The molecule has 2 atom stereocenters. The molecule has 4 nitrogen and oxygen atoms in total. The van der Waals surface area contributed by atoms with E-state index in [0.717, 1.165) is 39.4 Å². The number of morpholine rings is 1. The summed E-state index contributed by atoms with van der Waals surface area (Å²) in [4.78, 5) is 2.67. The lowest BCUT2D eigenvalue weighted by atomic mass is 9.79. The maximum absolute atomic E-state index is 5.97. The molecule has 0 aromatic rings. The van der Waals surface area contributed by atoms with Crippen molar-refractivity contribution in [1.82, 2.24) is 10.2 Å². The van der Waals surface area contributed by atoms with Gasteiger partial charge in [-0.1, -0.05) is 6.92 Å². The molecular weight excluding hydrogens is 252 g/mol. The number of nitrogens with one attached hydrogen (secondary N) is 1. The lowest BCUT2D eigenvalue weighted by Gasteiger charge is -2.43. The molecule has 0 aromatic heterocycles. The van der Waals surface area contributed by atoms with Gasteiger partial charge in [0.25, 0.3) is 0 Å². The summed E-state index contributed by atoms with van der Waals surface area (Å²) in [5.41, 5.74) is 0.421. The van der Waals surface area contributed by atoms with E-state index in [4.69, 9.17) is 9.47 Å². The average molecular weight is 282 g/mol. The van der Waals surface area contributed by atoms with Crippen molar-refractivity contribution in [3.8, 4) is 0 Å². The topological polar surface area (TPSA) is 33.7 Å². The van der Waals surface area contributed by atoms with E-state index >= 15 is 0 Å². The van der Waals surface area contributed by atoms with E-state index in [9.17, 15) is 0 Å². The van der Waals surface area contributed by atoms with E-state index in [0.29, 0.717) is 17.6 Å². The summed E-state index contributed by atoms with van der Waals surface area (Å²) in [6.45, 7) is 9.91. The normalized spacial score (nSPS) is 33.5. The van der Waals surface area contributed by atoms with Gasteiger partial charge in [-0.15, -0.1) is 0 Å². The van der Waals surface area contributed by atoms with Crippen LogP contribution in [0.3, 0.4) is 0 Å². The van der Waals surface area contributed by atoms with Gasteiger partial charge in [-0.05, 0) is 44.1 Å². The van der Waals surface area contributed by atoms with Gasteiger partial charge in [-0.3, -0.25) is 4.90 Å². The first kappa shape index (κ1) is 14.8. The fourth-order valence-electron chi connectivity index (χ4n) is 4.03. The van der Waals surface area contributed by atoms with Crippen LogP contribution in [0.15, 0.2) is 0 Å². The van der Waals surface area contributed by atoms with Crippen molar-refractivity contribution in [2.24, 2.45) is 5.41 Å². The number of fused-ring (bicyclic) bond motifs is 2. The van der Waals surface area contributed by atoms with Crippen LogP contribution in [0.1, 0.15) is 39.0 Å². The second kappa shape index (κ2) is 6.73. The third-order valence-electron chi connectivity index (χ3n) is 5.16. The quantitative estimate of drug-likeness (QED) is 0.751. The summed E-state index contributed by atoms with van der Waals surface area (Å²) in [6, 6.07) is 0. The van der Waals surface area contributed by atoms with E-state index in [1.165, 1.54) is 38.6 Å². The van der Waals surface area contributed by atoms with Crippen LogP contribution in [0.25, 0.3) is 0 Å². The highest BCUT2D eigenvalue weighted by Crippen LogP contribution is 2.34. The van der Waals surface area contributed by atoms with Crippen LogP contribution >= 0.6 is 0 Å². The molecule has 3 rings (SSSR count). The minimum absolute atomic E-state index is 0.421. The molecule has 4 heteroatoms. The maximum atomic E-state index is 5.97. The Morgan fingerprint density at radius 2 is 1.85 bits per heavy atom. The predicted molar refractivity (Wildman–Crippen MR) is 80.0 cm³/mol. The molecule has 2 unspecified atom stereocenters. The number of hydrogen-bond donors (Lipinski definition) is 1. The number of ether oxygens (including phenoxy) is 2. The summed E-state index contributed by atoms with van der Waals surface area (Å²) in [5, 5.41) is 3.66. The van der Waals surface area contributed by atoms with Gasteiger partial charge < -0.3 is 14.8 Å². The van der Waals surface area contributed by atoms with Gasteiger partial charge in [0.05, 0.1) is 12.2 Å². The fraction of sp³-hybridized carbons (Fsp3) is 1.00. The van der Waals surface area contributed by atoms with Crippen LogP contribution in [-0.4, -0.2) is 63.0 Å². The van der Waals surface area contributed by atoms with Crippen LogP contribution in [0.2, 0.25) is 0 Å². The van der Waals surface area contributed by atoms with Crippen LogP contribution in [0.4, 0.5) is 0 Å². The Kier molecular flexibility index (Phi) is 4.97. The highest BCUT2D eigenvalue weighted by atomic mass is 16.5. The van der Waals surface area contributed by atoms with E-state index in [1.807, 2.05) is 0 Å². The molecule has 3 saturated heterocycles. The largest absolute Gasteiger partial charge is 0.381 e. The first-order chi connectivity index (χ1) is 9.80. The lowest BCUT2D eigenvalue weighted by Crippen LogP contribution is -2.52. The smallest absolute Gasteiger partial charge is 0.0707 e. The average Bonchev–Trinajstić information content (AvgIpc) is 2.79. The van der Waals surface area contributed by atoms with Crippen molar-refractivity contribution < 1.29 is 9.47 Å². The molecule has 3 heterocycles. The molecule has 0 amide bonds. The zero-order valence-electron chi connectivity index (χ0n) is 12.9. The molecule has 3 aliphatic heterocycles. The molecule has 0 saturated carbocycles. The fourth-order valence-corrected chi connectivity index (χ4v) is 4.03. The molecule has 116 valence electrons. The molecule has 2 bridgehead atoms. The molecule has 0 aromatic carbocycles. The van der Waals surface area contributed by atoms with Crippen molar-refractivity contribution in [3.05, 3.63) is 0 Å². The number of hydrogen-bond acceptors (Lipinski definition) is 4. The molecule has 20 heavy (non-hydrogen) atoms. The van der Waals surface area contributed by atoms with Crippen LogP contribution in [0, 0.1) is 5.41 Å². The second-order valence-electron chi connectivity index (χ2n) is 6.94. The molecule has 1 N–H and O–H groups in total. The standard InChI is InChI=1S/C16H30N2O2/c1-2-7-17-12-16(5-8-19-9-6-16)13-18-10-14-3-4-15(11-18)20-14/h14-15,17H,2-13H2,1H3. The molecule has 0 aliphatic carbocycles. The van der Waals surface area contributed by atoms with Crippen LogP contribution < -0.4 is 5.32 Å². The first-order valence-corrected chi connectivity index (χ1v) is 8.46. The monoisotopic (exact) mass is 282 g/mol. The summed E-state index contributed by atoms with van der Waals surface area (Å²) >= 11 is 0. The third-order valence-corrected chi connectivity index (χ3v) is 5.16. The molecule has 0 spiro atoms. The van der Waals surface area contributed by atoms with Crippen molar-refractivity contribution in [2.45, 2.75) is 51.2 Å². The Bertz CT molecular complexity index is 293. The van der Waals surface area contributed by atoms with Crippen LogP contribution in [-0.2, 0) is 9.47 Å². The van der Waals surface area contributed by atoms with E-state index in [-0.39, 0.29) is 0 Å². The van der Waals surface area contributed by atoms with Gasteiger partial charge in [0.15, 0.2) is 0 Å². The Labute approximate surface area is 123 Å². The molecule has 3 aliphatic rings. The van der Waals surface area contributed by atoms with Crippen LogP contribution in [0.5, 0.6) is 0 Å². The highest BCUT2D eigenvalue weighted by molar-refractivity contribution is 4.92. The van der Waals surface area contributed by atoms with Crippen molar-refractivity contribution in [3.63, 3.8) is 0 Å². The zero-order valence-corrected chi connectivity index (χ0v) is 12.9. The van der Waals surface area contributed by atoms with Gasteiger partial charge in [0, 0.05) is 39.4 Å². The van der Waals surface area contributed by atoms with Crippen molar-refractivity contribution in [1.29, 1.82) is 0 Å². The number of nitrogens with zero attached hydrogens (tertiary/aromatic N) is 1. The van der Waals surface area contributed by atoms with Gasteiger partial charge in [-0.25, -0.2) is 0 Å². The molecule has 0 radical (unpaired) electrons. The van der Waals surface area contributed by atoms with Gasteiger partial charge in [0.1, 0.15) is 0 Å². The van der Waals surface area contributed by atoms with Gasteiger partial charge >= 0.3 is 0 Å². The number of rotatable bonds is 6. The predicted octanol–water partition coefficient (Wildman–Crippen LogP) is 1.65. The summed E-state index contributed by atoms with van der Waals surface area (Å²) in [7, 11) is 0. The minimum atomic E-state index is 0.421. The Morgan fingerprint density at radius 3 is 2.50 bits per heavy atom. The highest BCUT2D eigenvalue weighted by Gasteiger charge is 2.39. The van der Waals surface area contributed by atoms with E-state index in [2.05, 4.69) is 17.1 Å². The summed E-state index contributed by atoms with van der Waals surface area (Å²) in [6.07, 6.45) is 7.18. The molecule has 3 fully saturated rings. The van der Waals surface area contributed by atoms with Gasteiger partial charge in [0.2, 0.25) is 0 Å². The van der Waals surface area contributed by atoms with Crippen molar-refractivity contribution >= 4 is 0 Å². The third kappa shape index (κ3) is 3.53.